The second-order valence-corrected chi connectivity index (χ2v) is 4.74. The van der Waals surface area contributed by atoms with Crippen LogP contribution in [0.4, 0.5) is 0 Å². The Morgan fingerprint density at radius 1 is 1.32 bits per heavy atom. The van der Waals surface area contributed by atoms with Gasteiger partial charge in [0.05, 0.1) is 5.69 Å². The van der Waals surface area contributed by atoms with Gasteiger partial charge in [0.25, 0.3) is 0 Å². The maximum atomic E-state index is 12.2. The first-order valence-electron chi connectivity index (χ1n) is 6.73. The summed E-state index contributed by atoms with van der Waals surface area (Å²) < 4.78 is 1.43. The molecule has 100 valence electrons. The van der Waals surface area contributed by atoms with E-state index in [1.54, 1.807) is 12.4 Å². The molecule has 0 aromatic carbocycles. The van der Waals surface area contributed by atoms with Crippen molar-refractivity contribution in [3.05, 3.63) is 36.7 Å². The van der Waals surface area contributed by atoms with Crippen molar-refractivity contribution in [2.75, 3.05) is 0 Å². The lowest BCUT2D eigenvalue weighted by atomic mass is 10.0. The Labute approximate surface area is 113 Å². The van der Waals surface area contributed by atoms with Crippen LogP contribution in [-0.2, 0) is 0 Å². The molecule has 1 atom stereocenters. The number of rotatable bonds is 5. The number of aromatic nitrogens is 3. The van der Waals surface area contributed by atoms with E-state index in [2.05, 4.69) is 17.0 Å². The van der Waals surface area contributed by atoms with Crippen LogP contribution in [0.1, 0.15) is 37.9 Å². The molecule has 0 aliphatic carbocycles. The van der Waals surface area contributed by atoms with Gasteiger partial charge in [-0.2, -0.15) is 5.10 Å². The molecule has 0 saturated carbocycles. The van der Waals surface area contributed by atoms with Crippen molar-refractivity contribution in [1.82, 2.24) is 14.8 Å². The quantitative estimate of drug-likeness (QED) is 0.824. The molecule has 0 radical (unpaired) electrons. The van der Waals surface area contributed by atoms with Crippen LogP contribution in [0.5, 0.6) is 0 Å². The molecular weight excluding hydrogens is 238 g/mol. The number of hydrogen-bond acceptors (Lipinski definition) is 3. The van der Waals surface area contributed by atoms with E-state index < -0.39 is 0 Å². The predicted molar refractivity (Wildman–Crippen MR) is 74.8 cm³/mol. The molecule has 0 unspecified atom stereocenters. The van der Waals surface area contributed by atoms with Gasteiger partial charge in [-0.25, -0.2) is 4.68 Å². The van der Waals surface area contributed by atoms with Gasteiger partial charge in [0.1, 0.15) is 5.69 Å². The van der Waals surface area contributed by atoms with Crippen LogP contribution in [0, 0.1) is 5.92 Å². The van der Waals surface area contributed by atoms with Crippen molar-refractivity contribution >= 4 is 5.91 Å². The minimum Gasteiger partial charge on any atom is -0.272 e. The number of nitrogens with zero attached hydrogens (tertiary/aromatic N) is 3. The molecule has 0 bridgehead atoms. The second-order valence-electron chi connectivity index (χ2n) is 4.74. The van der Waals surface area contributed by atoms with Crippen molar-refractivity contribution in [3.63, 3.8) is 0 Å². The van der Waals surface area contributed by atoms with Gasteiger partial charge in [0.15, 0.2) is 0 Å². The zero-order valence-corrected chi connectivity index (χ0v) is 11.4. The molecule has 2 aromatic rings. The molecular formula is C15H19N3O. The number of carbonyl (C=O) groups excluding carboxylic acids is 1. The van der Waals surface area contributed by atoms with Crippen LogP contribution >= 0.6 is 0 Å². The first-order valence-corrected chi connectivity index (χ1v) is 6.73. The van der Waals surface area contributed by atoms with Gasteiger partial charge >= 0.3 is 0 Å². The van der Waals surface area contributed by atoms with Crippen molar-refractivity contribution in [2.24, 2.45) is 5.92 Å². The third kappa shape index (κ3) is 3.28. The van der Waals surface area contributed by atoms with Gasteiger partial charge in [0.2, 0.25) is 5.91 Å². The largest absolute Gasteiger partial charge is 0.272 e. The molecule has 0 saturated heterocycles. The van der Waals surface area contributed by atoms with Crippen molar-refractivity contribution in [2.45, 2.75) is 33.1 Å². The van der Waals surface area contributed by atoms with Crippen LogP contribution < -0.4 is 0 Å². The SMILES string of the molecule is CCCC[C@@H](C)C(=O)n1ccc(-c2ccccn2)n1. The Kier molecular flexibility index (Phi) is 4.44. The van der Waals surface area contributed by atoms with E-state index in [-0.39, 0.29) is 11.8 Å². The fourth-order valence-electron chi connectivity index (χ4n) is 1.96. The summed E-state index contributed by atoms with van der Waals surface area (Å²) in [5.41, 5.74) is 1.52. The molecule has 0 fully saturated rings. The highest BCUT2D eigenvalue weighted by Crippen LogP contribution is 2.15. The Hall–Kier alpha value is -1.97. The summed E-state index contributed by atoms with van der Waals surface area (Å²) >= 11 is 0. The van der Waals surface area contributed by atoms with Gasteiger partial charge in [-0.3, -0.25) is 9.78 Å². The molecule has 2 heterocycles. The molecule has 0 aliphatic rings. The highest BCUT2D eigenvalue weighted by molar-refractivity contribution is 5.80. The van der Waals surface area contributed by atoms with Crippen LogP contribution in [-0.4, -0.2) is 20.7 Å². The van der Waals surface area contributed by atoms with Gasteiger partial charge in [-0.15, -0.1) is 0 Å². The summed E-state index contributed by atoms with van der Waals surface area (Å²) in [4.78, 5) is 16.4. The molecule has 4 nitrogen and oxygen atoms in total. The highest BCUT2D eigenvalue weighted by Gasteiger charge is 2.16. The average Bonchev–Trinajstić information content (AvgIpc) is 2.94. The van der Waals surface area contributed by atoms with E-state index in [1.807, 2.05) is 31.2 Å². The Morgan fingerprint density at radius 2 is 2.16 bits per heavy atom. The fraction of sp³-hybridized carbons (Fsp3) is 0.400. The van der Waals surface area contributed by atoms with E-state index in [0.717, 1.165) is 30.7 Å². The van der Waals surface area contributed by atoms with Gasteiger partial charge in [-0.05, 0) is 24.6 Å². The third-order valence-corrected chi connectivity index (χ3v) is 3.15. The summed E-state index contributed by atoms with van der Waals surface area (Å²) in [6.45, 7) is 4.09. The first kappa shape index (κ1) is 13.5. The zero-order chi connectivity index (χ0) is 13.7. The van der Waals surface area contributed by atoms with Crippen LogP contribution in [0.15, 0.2) is 36.7 Å². The monoisotopic (exact) mass is 257 g/mol. The minimum atomic E-state index is 0.0106. The topological polar surface area (TPSA) is 47.8 Å². The van der Waals surface area contributed by atoms with Crippen molar-refractivity contribution < 1.29 is 4.79 Å². The maximum absolute atomic E-state index is 12.2. The van der Waals surface area contributed by atoms with E-state index in [0.29, 0.717) is 0 Å². The van der Waals surface area contributed by atoms with Crippen LogP contribution in [0.2, 0.25) is 0 Å². The lowest BCUT2D eigenvalue weighted by Gasteiger charge is -2.08. The molecule has 0 N–H and O–H groups in total. The summed E-state index contributed by atoms with van der Waals surface area (Å²) in [5, 5.41) is 4.31. The van der Waals surface area contributed by atoms with Crippen molar-refractivity contribution in [1.29, 1.82) is 0 Å². The molecule has 2 rings (SSSR count). The van der Waals surface area contributed by atoms with Gasteiger partial charge in [-0.1, -0.05) is 32.8 Å². The fourth-order valence-corrected chi connectivity index (χ4v) is 1.96. The lowest BCUT2D eigenvalue weighted by Crippen LogP contribution is -2.19. The maximum Gasteiger partial charge on any atom is 0.249 e. The Bertz CT molecular complexity index is 533. The molecule has 4 heteroatoms. The smallest absolute Gasteiger partial charge is 0.249 e. The highest BCUT2D eigenvalue weighted by atomic mass is 16.2. The van der Waals surface area contributed by atoms with Crippen molar-refractivity contribution in [3.8, 4) is 11.4 Å². The molecule has 2 aromatic heterocycles. The Morgan fingerprint density at radius 3 is 2.84 bits per heavy atom. The Balaban J connectivity index is 2.11. The summed E-state index contributed by atoms with van der Waals surface area (Å²) in [6, 6.07) is 7.48. The standard InChI is InChI=1S/C15H19N3O/c1-3-4-7-12(2)15(19)18-11-9-14(17-18)13-8-5-6-10-16-13/h5-6,8-12H,3-4,7H2,1-2H3/t12-/m1/s1. The first-order chi connectivity index (χ1) is 9.22. The normalized spacial score (nSPS) is 12.3. The van der Waals surface area contributed by atoms with Crippen LogP contribution in [0.25, 0.3) is 11.4 Å². The van der Waals surface area contributed by atoms with E-state index in [1.165, 1.54) is 4.68 Å². The molecule has 19 heavy (non-hydrogen) atoms. The number of carbonyl (C=O) groups is 1. The third-order valence-electron chi connectivity index (χ3n) is 3.15. The molecule has 0 spiro atoms. The zero-order valence-electron chi connectivity index (χ0n) is 11.4. The van der Waals surface area contributed by atoms with E-state index >= 15 is 0 Å². The lowest BCUT2D eigenvalue weighted by molar-refractivity contribution is 0.0820. The average molecular weight is 257 g/mol. The summed E-state index contributed by atoms with van der Waals surface area (Å²) in [6.07, 6.45) is 6.53. The van der Waals surface area contributed by atoms with Crippen LogP contribution in [0.3, 0.4) is 0 Å². The number of hydrogen-bond donors (Lipinski definition) is 0. The number of unbranched alkanes of at least 4 members (excludes halogenated alkanes) is 1. The van der Waals surface area contributed by atoms with Gasteiger partial charge in [0, 0.05) is 18.3 Å². The summed E-state index contributed by atoms with van der Waals surface area (Å²) in [7, 11) is 0. The number of pyridine rings is 1. The predicted octanol–water partition coefficient (Wildman–Crippen LogP) is 3.41. The minimum absolute atomic E-state index is 0.0106. The van der Waals surface area contributed by atoms with Gasteiger partial charge < -0.3 is 0 Å². The molecule has 0 amide bonds. The van der Waals surface area contributed by atoms with E-state index in [4.69, 9.17) is 0 Å². The van der Waals surface area contributed by atoms with E-state index in [9.17, 15) is 4.79 Å². The second kappa shape index (κ2) is 6.27. The summed E-state index contributed by atoms with van der Waals surface area (Å²) in [5.74, 6) is 0.0621. The molecule has 0 aliphatic heterocycles.